The number of carbonyl (C=O) groups excluding carboxylic acids is 1. The van der Waals surface area contributed by atoms with Crippen molar-refractivity contribution < 1.29 is 4.79 Å². The third-order valence-corrected chi connectivity index (χ3v) is 4.51. The minimum absolute atomic E-state index is 0.00226. The largest absolute Gasteiger partial charge is 0.337 e. The fraction of sp³-hybridized carbons (Fsp3) is 0.105. The van der Waals surface area contributed by atoms with Crippen LogP contribution in [0.5, 0.6) is 0 Å². The third-order valence-electron chi connectivity index (χ3n) is 3.92. The number of amides is 1. The van der Waals surface area contributed by atoms with Crippen molar-refractivity contribution >= 4 is 34.0 Å². The van der Waals surface area contributed by atoms with Crippen molar-refractivity contribution in [1.82, 2.24) is 15.0 Å². The van der Waals surface area contributed by atoms with Crippen molar-refractivity contribution in [2.24, 2.45) is 0 Å². The van der Waals surface area contributed by atoms with Gasteiger partial charge in [0.05, 0.1) is 16.5 Å². The third kappa shape index (κ3) is 3.59. The number of rotatable bonds is 5. The van der Waals surface area contributed by atoms with Gasteiger partial charge in [-0.25, -0.2) is 9.97 Å². The predicted octanol–water partition coefficient (Wildman–Crippen LogP) is 4.26. The minimum Gasteiger partial charge on any atom is -0.337 e. The first-order chi connectivity index (χ1) is 12.3. The van der Waals surface area contributed by atoms with Crippen molar-refractivity contribution in [2.75, 3.05) is 5.32 Å². The summed E-state index contributed by atoms with van der Waals surface area (Å²) < 4.78 is 0. The quantitative estimate of drug-likeness (QED) is 0.566. The number of hydrogen-bond acceptors (Lipinski definition) is 4. The summed E-state index contributed by atoms with van der Waals surface area (Å²) in [5, 5.41) is 4.90. The number of imidazole rings is 1. The molecule has 0 spiro atoms. The molecule has 1 amide bonds. The Morgan fingerprint density at radius 3 is 2.84 bits per heavy atom. The smallest absolute Gasteiger partial charge is 0.224 e. The van der Waals surface area contributed by atoms with Crippen LogP contribution in [0.2, 0.25) is 0 Å². The number of anilines is 1. The number of aromatic nitrogens is 3. The molecule has 0 fully saturated rings. The second-order valence-corrected chi connectivity index (χ2v) is 6.44. The molecular weight excluding hydrogens is 332 g/mol. The molecule has 0 aliphatic rings. The Hall–Kier alpha value is -2.99. The van der Waals surface area contributed by atoms with Crippen LogP contribution in [-0.4, -0.2) is 20.9 Å². The molecule has 4 rings (SSSR count). The van der Waals surface area contributed by atoms with E-state index in [0.29, 0.717) is 6.42 Å². The van der Waals surface area contributed by atoms with Gasteiger partial charge in [0, 0.05) is 17.5 Å². The lowest BCUT2D eigenvalue weighted by Crippen LogP contribution is -2.12. The molecule has 2 N–H and O–H groups in total. The summed E-state index contributed by atoms with van der Waals surface area (Å²) in [6.07, 6.45) is 1.18. The maximum atomic E-state index is 12.2. The monoisotopic (exact) mass is 348 g/mol. The zero-order valence-electron chi connectivity index (χ0n) is 13.4. The van der Waals surface area contributed by atoms with Gasteiger partial charge in [0.25, 0.3) is 0 Å². The van der Waals surface area contributed by atoms with Crippen molar-refractivity contribution in [1.29, 1.82) is 0 Å². The average molecular weight is 348 g/mol. The van der Waals surface area contributed by atoms with E-state index in [2.05, 4.69) is 20.3 Å². The number of hydrogen-bond donors (Lipinski definition) is 2. The number of nitrogens with one attached hydrogen (secondary N) is 2. The van der Waals surface area contributed by atoms with Crippen LogP contribution >= 0.6 is 11.3 Å². The van der Waals surface area contributed by atoms with E-state index in [0.717, 1.165) is 40.2 Å². The molecule has 2 aromatic heterocycles. The van der Waals surface area contributed by atoms with E-state index in [4.69, 9.17) is 0 Å². The number of aryl methyl sites for hydroxylation is 1. The van der Waals surface area contributed by atoms with Gasteiger partial charge in [-0.3, -0.25) is 4.79 Å². The first-order valence-corrected chi connectivity index (χ1v) is 8.94. The molecule has 0 atom stereocenters. The molecule has 0 aliphatic heterocycles. The van der Waals surface area contributed by atoms with Crippen LogP contribution in [0.3, 0.4) is 0 Å². The van der Waals surface area contributed by atoms with Gasteiger partial charge in [0.1, 0.15) is 5.69 Å². The Morgan fingerprint density at radius 1 is 1.16 bits per heavy atom. The first kappa shape index (κ1) is 15.5. The number of H-pyrrole nitrogens is 1. The lowest BCUT2D eigenvalue weighted by atomic mass is 10.1. The molecule has 5 nitrogen and oxygen atoms in total. The molecule has 0 aliphatic carbocycles. The Morgan fingerprint density at radius 2 is 2.04 bits per heavy atom. The number of nitrogens with zero attached hydrogens (tertiary/aromatic N) is 2. The van der Waals surface area contributed by atoms with E-state index in [1.165, 1.54) is 11.3 Å². The van der Waals surface area contributed by atoms with Gasteiger partial charge in [-0.15, -0.1) is 11.3 Å². The maximum absolute atomic E-state index is 12.2. The number of thiazole rings is 1. The molecule has 0 saturated heterocycles. The SMILES string of the molecule is O=C(CCc1ccccc1)Nc1ccc2nc(-c3cscn3)[nH]c2c1. The van der Waals surface area contributed by atoms with Crippen LogP contribution in [0.4, 0.5) is 5.69 Å². The molecule has 2 heterocycles. The van der Waals surface area contributed by atoms with Gasteiger partial charge in [0.2, 0.25) is 5.91 Å². The van der Waals surface area contributed by atoms with E-state index >= 15 is 0 Å². The second-order valence-electron chi connectivity index (χ2n) is 5.72. The van der Waals surface area contributed by atoms with E-state index in [1.807, 2.05) is 53.9 Å². The Labute approximate surface area is 148 Å². The zero-order valence-corrected chi connectivity index (χ0v) is 14.2. The van der Waals surface area contributed by atoms with Crippen molar-refractivity contribution in [3.8, 4) is 11.5 Å². The summed E-state index contributed by atoms with van der Waals surface area (Å²) in [6.45, 7) is 0. The molecule has 0 saturated carbocycles. The molecular formula is C19H16N4OS. The van der Waals surface area contributed by atoms with E-state index < -0.39 is 0 Å². The lowest BCUT2D eigenvalue weighted by Gasteiger charge is -2.05. The van der Waals surface area contributed by atoms with Gasteiger partial charge in [-0.05, 0) is 30.2 Å². The van der Waals surface area contributed by atoms with E-state index in [-0.39, 0.29) is 5.91 Å². The van der Waals surface area contributed by atoms with Gasteiger partial charge >= 0.3 is 0 Å². The normalized spacial score (nSPS) is 10.9. The molecule has 0 bridgehead atoms. The topological polar surface area (TPSA) is 70.7 Å². The maximum Gasteiger partial charge on any atom is 0.224 e. The highest BCUT2D eigenvalue weighted by Crippen LogP contribution is 2.22. The number of benzene rings is 2. The fourth-order valence-corrected chi connectivity index (χ4v) is 3.20. The minimum atomic E-state index is 0.00226. The first-order valence-electron chi connectivity index (χ1n) is 8.00. The highest BCUT2D eigenvalue weighted by Gasteiger charge is 2.09. The van der Waals surface area contributed by atoms with Crippen LogP contribution in [0.15, 0.2) is 59.4 Å². The van der Waals surface area contributed by atoms with E-state index in [9.17, 15) is 4.79 Å². The van der Waals surface area contributed by atoms with Crippen LogP contribution in [0.1, 0.15) is 12.0 Å². The van der Waals surface area contributed by atoms with Crippen molar-refractivity contribution in [3.05, 3.63) is 65.0 Å². The number of carbonyl (C=O) groups is 1. The zero-order chi connectivity index (χ0) is 17.1. The highest BCUT2D eigenvalue weighted by molar-refractivity contribution is 7.07. The Balaban J connectivity index is 1.45. The summed E-state index contributed by atoms with van der Waals surface area (Å²) >= 11 is 1.53. The average Bonchev–Trinajstić information content (AvgIpc) is 3.30. The molecule has 124 valence electrons. The van der Waals surface area contributed by atoms with Crippen LogP contribution < -0.4 is 5.32 Å². The number of aromatic amines is 1. The highest BCUT2D eigenvalue weighted by atomic mass is 32.1. The van der Waals surface area contributed by atoms with Gasteiger partial charge < -0.3 is 10.3 Å². The van der Waals surface area contributed by atoms with Gasteiger partial charge in [-0.2, -0.15) is 0 Å². The summed E-state index contributed by atoms with van der Waals surface area (Å²) in [4.78, 5) is 24.2. The van der Waals surface area contributed by atoms with E-state index in [1.54, 1.807) is 5.51 Å². The lowest BCUT2D eigenvalue weighted by molar-refractivity contribution is -0.116. The molecule has 0 radical (unpaired) electrons. The molecule has 4 aromatic rings. The second kappa shape index (κ2) is 6.86. The molecule has 2 aromatic carbocycles. The molecule has 0 unspecified atom stereocenters. The standard InChI is InChI=1S/C19H16N4OS/c24-18(9-6-13-4-2-1-3-5-13)21-14-7-8-15-16(10-14)23-19(22-15)17-11-25-12-20-17/h1-5,7-8,10-12H,6,9H2,(H,21,24)(H,22,23). The van der Waals surface area contributed by atoms with Crippen LogP contribution in [0, 0.1) is 0 Å². The summed E-state index contributed by atoms with van der Waals surface area (Å²) in [5.41, 5.74) is 6.26. The fourth-order valence-electron chi connectivity index (χ4n) is 2.66. The Bertz CT molecular complexity index is 993. The Kier molecular flexibility index (Phi) is 4.26. The molecule has 25 heavy (non-hydrogen) atoms. The van der Waals surface area contributed by atoms with Crippen molar-refractivity contribution in [2.45, 2.75) is 12.8 Å². The summed E-state index contributed by atoms with van der Waals surface area (Å²) in [6, 6.07) is 15.7. The number of fused-ring (bicyclic) bond motifs is 1. The summed E-state index contributed by atoms with van der Waals surface area (Å²) in [7, 11) is 0. The van der Waals surface area contributed by atoms with Gasteiger partial charge in [-0.1, -0.05) is 30.3 Å². The van der Waals surface area contributed by atoms with Crippen LogP contribution in [-0.2, 0) is 11.2 Å². The van der Waals surface area contributed by atoms with Crippen LogP contribution in [0.25, 0.3) is 22.6 Å². The predicted molar refractivity (Wildman–Crippen MR) is 101 cm³/mol. The van der Waals surface area contributed by atoms with Gasteiger partial charge in [0.15, 0.2) is 5.82 Å². The molecule has 6 heteroatoms. The van der Waals surface area contributed by atoms with Crippen molar-refractivity contribution in [3.63, 3.8) is 0 Å². The summed E-state index contributed by atoms with van der Waals surface area (Å²) in [5.74, 6) is 0.742.